The van der Waals surface area contributed by atoms with E-state index in [9.17, 15) is 34.0 Å². The molecule has 1 heterocycles. The third-order valence-electron chi connectivity index (χ3n) is 4.65. The van der Waals surface area contributed by atoms with Gasteiger partial charge in [-0.1, -0.05) is 0 Å². The van der Waals surface area contributed by atoms with Crippen molar-refractivity contribution >= 4 is 29.8 Å². The zero-order valence-corrected chi connectivity index (χ0v) is 22.9. The number of carbonyl (C=O) groups excluding carboxylic acids is 2. The molecule has 0 spiro atoms. The highest BCUT2D eigenvalue weighted by molar-refractivity contribution is 5.85. The molecule has 3 N–H and O–H groups in total. The Hall–Kier alpha value is -4.69. The van der Waals surface area contributed by atoms with E-state index in [1.54, 1.807) is 41.5 Å². The molecule has 0 fully saturated rings. The van der Waals surface area contributed by atoms with Crippen molar-refractivity contribution < 1.29 is 43.0 Å². The van der Waals surface area contributed by atoms with Gasteiger partial charge in [-0.25, -0.2) is 23.8 Å². The maximum absolute atomic E-state index is 14.6. The lowest BCUT2D eigenvalue weighted by molar-refractivity contribution is -0.385. The minimum Gasteiger partial charge on any atom is -0.465 e. The van der Waals surface area contributed by atoms with Crippen LogP contribution >= 0.6 is 0 Å². The maximum Gasteiger partial charge on any atom is 0.413 e. The Bertz CT molecular complexity index is 1260. The number of rotatable bonds is 9. The van der Waals surface area contributed by atoms with E-state index in [0.29, 0.717) is 6.07 Å². The van der Waals surface area contributed by atoms with Gasteiger partial charge in [0.25, 0.3) is 5.69 Å². The molecule has 0 radical (unpaired) electrons. The number of nitro benzene ring substituents is 1. The number of carboxylic acid groups (broad SMARTS) is 1. The predicted octanol–water partition coefficient (Wildman–Crippen LogP) is 5.27. The topological polar surface area (TPSA) is 182 Å². The first-order valence-corrected chi connectivity index (χ1v) is 12.0. The fourth-order valence-electron chi connectivity index (χ4n) is 3.08. The molecular formula is C25H32FN5O9. The highest BCUT2D eigenvalue weighted by Crippen LogP contribution is 2.33. The monoisotopic (exact) mass is 565 g/mol. The van der Waals surface area contributed by atoms with Gasteiger partial charge >= 0.3 is 18.3 Å². The number of aromatic nitrogens is 1. The summed E-state index contributed by atoms with van der Waals surface area (Å²) in [5.74, 6) is -1.68. The van der Waals surface area contributed by atoms with E-state index in [4.69, 9.17) is 14.2 Å². The third kappa shape index (κ3) is 10.2. The molecule has 1 aromatic heterocycles. The smallest absolute Gasteiger partial charge is 0.413 e. The zero-order chi connectivity index (χ0) is 30.3. The molecule has 0 aliphatic carbocycles. The number of benzene rings is 1. The van der Waals surface area contributed by atoms with Crippen LogP contribution in [-0.4, -0.2) is 62.5 Å². The van der Waals surface area contributed by atoms with Crippen LogP contribution in [0.4, 0.5) is 30.3 Å². The van der Waals surface area contributed by atoms with Crippen molar-refractivity contribution in [3.63, 3.8) is 0 Å². The van der Waals surface area contributed by atoms with Crippen LogP contribution < -0.4 is 15.4 Å². The molecule has 40 heavy (non-hydrogen) atoms. The molecule has 218 valence electrons. The van der Waals surface area contributed by atoms with Crippen LogP contribution in [-0.2, 0) is 16.0 Å². The number of anilines is 1. The molecule has 14 nitrogen and oxygen atoms in total. The summed E-state index contributed by atoms with van der Waals surface area (Å²) in [6, 6.07) is 4.04. The first-order chi connectivity index (χ1) is 18.4. The normalized spacial score (nSPS) is 11.3. The first kappa shape index (κ1) is 31.5. The van der Waals surface area contributed by atoms with Gasteiger partial charge in [0, 0.05) is 25.4 Å². The van der Waals surface area contributed by atoms with E-state index in [-0.39, 0.29) is 30.2 Å². The highest BCUT2D eigenvalue weighted by Gasteiger charge is 2.24. The summed E-state index contributed by atoms with van der Waals surface area (Å²) < 4.78 is 30.6. The number of amides is 3. The van der Waals surface area contributed by atoms with Crippen LogP contribution in [0.2, 0.25) is 0 Å². The molecular weight excluding hydrogens is 533 g/mol. The SMILES string of the molecule is CC(C)(C)OC(=O)NCCN(Cc1c(Oc2ccc([N+](=O)[O-])cc2F)ccnc1NC(=O)OC(C)(C)C)C(=O)O. The van der Waals surface area contributed by atoms with Gasteiger partial charge in [-0.15, -0.1) is 0 Å². The quantitative estimate of drug-likeness (QED) is 0.267. The average molecular weight is 566 g/mol. The van der Waals surface area contributed by atoms with Crippen molar-refractivity contribution in [1.29, 1.82) is 0 Å². The van der Waals surface area contributed by atoms with E-state index in [2.05, 4.69) is 15.6 Å². The van der Waals surface area contributed by atoms with Crippen LogP contribution in [0.5, 0.6) is 11.5 Å². The Morgan fingerprint density at radius 3 is 2.23 bits per heavy atom. The number of nitrogens with one attached hydrogen (secondary N) is 2. The Balaban J connectivity index is 2.38. The standard InChI is InChI=1S/C25H32FN5O9/c1-24(2,3)39-21(32)28-11-12-30(23(34)35)14-16-18(38-19-8-7-15(31(36)37)13-17(19)26)9-10-27-20(16)29-22(33)40-25(4,5)6/h7-10,13H,11-12,14H2,1-6H3,(H,28,32)(H,34,35)(H,27,29,33). The lowest BCUT2D eigenvalue weighted by atomic mass is 10.2. The van der Waals surface area contributed by atoms with E-state index in [0.717, 1.165) is 17.0 Å². The molecule has 0 saturated carbocycles. The van der Waals surface area contributed by atoms with E-state index in [1.165, 1.54) is 12.3 Å². The lowest BCUT2D eigenvalue weighted by Gasteiger charge is -2.24. The summed E-state index contributed by atoms with van der Waals surface area (Å²) in [6.45, 7) is 9.19. The van der Waals surface area contributed by atoms with Crippen molar-refractivity contribution in [1.82, 2.24) is 15.2 Å². The minimum atomic E-state index is -1.38. The fraction of sp³-hybridized carbons (Fsp3) is 0.440. The van der Waals surface area contributed by atoms with Gasteiger partial charge in [-0.2, -0.15) is 0 Å². The molecule has 3 amide bonds. The number of nitro groups is 1. The van der Waals surface area contributed by atoms with Crippen LogP contribution in [0.3, 0.4) is 0 Å². The van der Waals surface area contributed by atoms with Crippen molar-refractivity contribution in [2.24, 2.45) is 0 Å². The maximum atomic E-state index is 14.6. The molecule has 0 aliphatic rings. The summed E-state index contributed by atoms with van der Waals surface area (Å²) in [5, 5.41) is 25.6. The summed E-state index contributed by atoms with van der Waals surface area (Å²) in [5.41, 5.74) is -2.10. The number of non-ortho nitro benzene ring substituents is 1. The van der Waals surface area contributed by atoms with Gasteiger partial charge in [0.2, 0.25) is 0 Å². The molecule has 0 unspecified atom stereocenters. The molecule has 2 rings (SSSR count). The van der Waals surface area contributed by atoms with Crippen LogP contribution in [0.15, 0.2) is 30.5 Å². The van der Waals surface area contributed by atoms with Gasteiger partial charge in [0.1, 0.15) is 22.8 Å². The minimum absolute atomic E-state index is 0.0192. The van der Waals surface area contributed by atoms with Gasteiger partial charge in [0.05, 0.1) is 23.1 Å². The van der Waals surface area contributed by atoms with Gasteiger partial charge in [-0.3, -0.25) is 15.4 Å². The summed E-state index contributed by atoms with van der Waals surface area (Å²) in [6.07, 6.45) is -1.80. The number of hydrogen-bond donors (Lipinski definition) is 3. The van der Waals surface area contributed by atoms with Crippen LogP contribution in [0.25, 0.3) is 0 Å². The van der Waals surface area contributed by atoms with Gasteiger partial charge in [-0.05, 0) is 53.7 Å². The first-order valence-electron chi connectivity index (χ1n) is 12.0. The third-order valence-corrected chi connectivity index (χ3v) is 4.65. The Morgan fingerprint density at radius 1 is 1.05 bits per heavy atom. The number of nitrogens with zero attached hydrogens (tertiary/aromatic N) is 3. The van der Waals surface area contributed by atoms with Crippen LogP contribution in [0.1, 0.15) is 47.1 Å². The number of carbonyl (C=O) groups is 3. The Kier molecular flexibility index (Phi) is 10.2. The van der Waals surface area contributed by atoms with Crippen molar-refractivity contribution in [3.8, 4) is 11.5 Å². The molecule has 15 heteroatoms. The molecule has 2 aromatic rings. The van der Waals surface area contributed by atoms with E-state index >= 15 is 0 Å². The number of ether oxygens (including phenoxy) is 3. The molecule has 0 saturated heterocycles. The summed E-state index contributed by atoms with van der Waals surface area (Å²) in [4.78, 5) is 51.6. The molecule has 0 atom stereocenters. The Labute approximate surface area is 229 Å². The molecule has 0 bridgehead atoms. The van der Waals surface area contributed by atoms with Gasteiger partial charge < -0.3 is 29.5 Å². The second kappa shape index (κ2) is 12.9. The van der Waals surface area contributed by atoms with Crippen LogP contribution in [0, 0.1) is 15.9 Å². The molecule has 0 aliphatic heterocycles. The van der Waals surface area contributed by atoms with E-state index < -0.39 is 58.2 Å². The second-order valence-corrected chi connectivity index (χ2v) is 10.4. The number of halogens is 1. The number of alkyl carbamates (subject to hydrolysis) is 1. The second-order valence-electron chi connectivity index (χ2n) is 10.4. The van der Waals surface area contributed by atoms with E-state index in [1.807, 2.05) is 0 Å². The van der Waals surface area contributed by atoms with Crippen molar-refractivity contribution in [2.45, 2.75) is 59.3 Å². The summed E-state index contributed by atoms with van der Waals surface area (Å²) >= 11 is 0. The number of pyridine rings is 1. The highest BCUT2D eigenvalue weighted by atomic mass is 19.1. The fourth-order valence-corrected chi connectivity index (χ4v) is 3.08. The molecule has 1 aromatic carbocycles. The van der Waals surface area contributed by atoms with Crippen molar-refractivity contribution in [3.05, 3.63) is 52.0 Å². The number of hydrogen-bond acceptors (Lipinski definition) is 9. The van der Waals surface area contributed by atoms with Crippen molar-refractivity contribution in [2.75, 3.05) is 18.4 Å². The lowest BCUT2D eigenvalue weighted by Crippen LogP contribution is -2.39. The Morgan fingerprint density at radius 2 is 1.68 bits per heavy atom. The van der Waals surface area contributed by atoms with Gasteiger partial charge in [0.15, 0.2) is 11.6 Å². The summed E-state index contributed by atoms with van der Waals surface area (Å²) in [7, 11) is 0. The zero-order valence-electron chi connectivity index (χ0n) is 22.9. The predicted molar refractivity (Wildman–Crippen MR) is 140 cm³/mol. The largest absolute Gasteiger partial charge is 0.465 e. The average Bonchev–Trinajstić information content (AvgIpc) is 2.78.